The molecule has 6 N–H and O–H groups in total. The number of nitrogens with two attached hydrogens (primary N) is 2. The molecule has 0 unspecified atom stereocenters. The average molecular weight is 310 g/mol. The summed E-state index contributed by atoms with van der Waals surface area (Å²) in [6, 6.07) is 4.92. The number of aromatic amines is 1. The van der Waals surface area contributed by atoms with Gasteiger partial charge in [0.05, 0.1) is 5.41 Å². The largest absolute Gasteiger partial charge is 0.399 e. The first kappa shape index (κ1) is 15.3. The minimum absolute atomic E-state index is 0.0771. The molecule has 0 radical (unpaired) electrons. The van der Waals surface area contributed by atoms with Crippen LogP contribution >= 0.6 is 0 Å². The second-order valence-corrected chi connectivity index (χ2v) is 7.27. The Hall–Kier alpha value is -2.06. The SMILES string of the molecule is CC(C)(CNS(=O)(=O)c1c[nH]c2cc(N)ccc12)C(N)=O. The number of rotatable bonds is 5. The van der Waals surface area contributed by atoms with Crippen LogP contribution in [0.2, 0.25) is 0 Å². The van der Waals surface area contributed by atoms with Gasteiger partial charge >= 0.3 is 0 Å². The number of carbonyl (C=O) groups is 1. The molecule has 0 spiro atoms. The molecule has 0 saturated carbocycles. The van der Waals surface area contributed by atoms with Gasteiger partial charge in [-0.1, -0.05) is 0 Å². The molecule has 0 atom stereocenters. The van der Waals surface area contributed by atoms with Crippen LogP contribution in [0.3, 0.4) is 0 Å². The third kappa shape index (κ3) is 3.01. The standard InChI is InChI=1S/C13H18N4O3S/c1-13(2,12(15)18)7-17-21(19,20)11-6-16-10-5-8(14)3-4-9(10)11/h3-6,16-17H,7,14H2,1-2H3,(H2,15,18). The van der Waals surface area contributed by atoms with Crippen molar-refractivity contribution in [3.8, 4) is 0 Å². The van der Waals surface area contributed by atoms with Crippen LogP contribution in [0.1, 0.15) is 13.8 Å². The quantitative estimate of drug-likeness (QED) is 0.600. The van der Waals surface area contributed by atoms with E-state index in [9.17, 15) is 13.2 Å². The number of carbonyl (C=O) groups excluding carboxylic acids is 1. The van der Waals surface area contributed by atoms with Crippen molar-refractivity contribution in [2.45, 2.75) is 18.7 Å². The van der Waals surface area contributed by atoms with E-state index in [4.69, 9.17) is 11.5 Å². The fourth-order valence-corrected chi connectivity index (χ4v) is 3.17. The van der Waals surface area contributed by atoms with Crippen LogP contribution in [0.4, 0.5) is 5.69 Å². The number of aromatic nitrogens is 1. The molecule has 1 amide bonds. The molecule has 0 aliphatic heterocycles. The topological polar surface area (TPSA) is 131 Å². The maximum absolute atomic E-state index is 12.3. The number of anilines is 1. The van der Waals surface area contributed by atoms with Crippen LogP contribution in [0, 0.1) is 5.41 Å². The fourth-order valence-electron chi connectivity index (χ4n) is 1.78. The molecule has 0 aliphatic rings. The van der Waals surface area contributed by atoms with Crippen molar-refractivity contribution in [3.63, 3.8) is 0 Å². The molecule has 0 fully saturated rings. The number of primary amides is 1. The number of H-pyrrole nitrogens is 1. The lowest BCUT2D eigenvalue weighted by Gasteiger charge is -2.20. The number of nitrogens with one attached hydrogen (secondary N) is 2. The molecule has 7 nitrogen and oxygen atoms in total. The van der Waals surface area contributed by atoms with Crippen molar-refractivity contribution in [2.24, 2.45) is 11.1 Å². The number of hydrogen-bond acceptors (Lipinski definition) is 4. The Morgan fingerprint density at radius 3 is 2.67 bits per heavy atom. The van der Waals surface area contributed by atoms with Crippen LogP contribution in [0.15, 0.2) is 29.3 Å². The summed E-state index contributed by atoms with van der Waals surface area (Å²) < 4.78 is 27.1. The van der Waals surface area contributed by atoms with Crippen molar-refractivity contribution in [1.29, 1.82) is 0 Å². The summed E-state index contributed by atoms with van der Waals surface area (Å²) in [5.41, 5.74) is 11.1. The van der Waals surface area contributed by atoms with Crippen molar-refractivity contribution < 1.29 is 13.2 Å². The summed E-state index contributed by atoms with van der Waals surface area (Å²) in [5, 5.41) is 0.536. The number of amides is 1. The van der Waals surface area contributed by atoms with E-state index in [0.717, 1.165) is 0 Å². The summed E-state index contributed by atoms with van der Waals surface area (Å²) in [6.07, 6.45) is 1.39. The monoisotopic (exact) mass is 310 g/mol. The highest BCUT2D eigenvalue weighted by atomic mass is 32.2. The normalized spacial score (nSPS) is 12.7. The first-order chi connectivity index (χ1) is 9.63. The summed E-state index contributed by atoms with van der Waals surface area (Å²) in [6.45, 7) is 3.08. The maximum atomic E-state index is 12.3. The molecule has 2 rings (SSSR count). The number of fused-ring (bicyclic) bond motifs is 1. The molecule has 0 saturated heterocycles. The Balaban J connectivity index is 2.32. The van der Waals surface area contributed by atoms with Crippen LogP contribution < -0.4 is 16.2 Å². The second-order valence-electron chi connectivity index (χ2n) is 5.53. The zero-order valence-electron chi connectivity index (χ0n) is 11.8. The summed E-state index contributed by atoms with van der Waals surface area (Å²) in [7, 11) is -3.75. The van der Waals surface area contributed by atoms with Gasteiger partial charge in [0.2, 0.25) is 15.9 Å². The highest BCUT2D eigenvalue weighted by Crippen LogP contribution is 2.25. The zero-order valence-corrected chi connectivity index (χ0v) is 12.6. The van der Waals surface area contributed by atoms with Gasteiger partial charge in [-0.15, -0.1) is 0 Å². The van der Waals surface area contributed by atoms with E-state index < -0.39 is 21.3 Å². The lowest BCUT2D eigenvalue weighted by Crippen LogP contribution is -2.42. The van der Waals surface area contributed by atoms with Gasteiger partial charge in [-0.05, 0) is 32.0 Å². The van der Waals surface area contributed by atoms with Crippen LogP contribution in [-0.2, 0) is 14.8 Å². The molecule has 1 aromatic carbocycles. The second kappa shape index (κ2) is 5.05. The molecular weight excluding hydrogens is 292 g/mol. The van der Waals surface area contributed by atoms with Crippen LogP contribution in [-0.4, -0.2) is 25.9 Å². The number of benzene rings is 1. The lowest BCUT2D eigenvalue weighted by atomic mass is 9.93. The highest BCUT2D eigenvalue weighted by molar-refractivity contribution is 7.89. The summed E-state index contributed by atoms with van der Waals surface area (Å²) in [4.78, 5) is 14.2. The van der Waals surface area contributed by atoms with Gasteiger partial charge in [0, 0.05) is 29.3 Å². The van der Waals surface area contributed by atoms with Crippen molar-refractivity contribution in [3.05, 3.63) is 24.4 Å². The van der Waals surface area contributed by atoms with E-state index in [0.29, 0.717) is 16.6 Å². The fraction of sp³-hybridized carbons (Fsp3) is 0.308. The van der Waals surface area contributed by atoms with E-state index >= 15 is 0 Å². The Labute approximate surface area is 122 Å². The number of sulfonamides is 1. The predicted octanol–water partition coefficient (Wildman–Crippen LogP) is 0.540. The highest BCUT2D eigenvalue weighted by Gasteiger charge is 2.28. The Kier molecular flexibility index (Phi) is 3.68. The molecule has 0 aliphatic carbocycles. The smallest absolute Gasteiger partial charge is 0.242 e. The van der Waals surface area contributed by atoms with E-state index in [-0.39, 0.29) is 11.4 Å². The van der Waals surface area contributed by atoms with E-state index in [1.54, 1.807) is 32.0 Å². The Bertz CT molecular complexity index is 793. The minimum Gasteiger partial charge on any atom is -0.399 e. The van der Waals surface area contributed by atoms with E-state index in [2.05, 4.69) is 9.71 Å². The predicted molar refractivity (Wildman–Crippen MR) is 80.9 cm³/mol. The molecule has 2 aromatic rings. The molecule has 114 valence electrons. The summed E-state index contributed by atoms with van der Waals surface area (Å²) >= 11 is 0. The summed E-state index contributed by atoms with van der Waals surface area (Å²) in [5.74, 6) is -0.572. The van der Waals surface area contributed by atoms with Crippen LogP contribution in [0.5, 0.6) is 0 Å². The first-order valence-electron chi connectivity index (χ1n) is 6.30. The number of hydrogen-bond donors (Lipinski definition) is 4. The third-order valence-corrected chi connectivity index (χ3v) is 4.77. The van der Waals surface area contributed by atoms with Crippen molar-refractivity contribution in [1.82, 2.24) is 9.71 Å². The van der Waals surface area contributed by atoms with E-state index in [1.807, 2.05) is 0 Å². The molecule has 0 bridgehead atoms. The van der Waals surface area contributed by atoms with Gasteiger partial charge in [0.25, 0.3) is 0 Å². The molecule has 8 heteroatoms. The van der Waals surface area contributed by atoms with Crippen molar-refractivity contribution in [2.75, 3.05) is 12.3 Å². The first-order valence-corrected chi connectivity index (χ1v) is 7.78. The van der Waals surface area contributed by atoms with Gasteiger partial charge in [-0.3, -0.25) is 4.79 Å². The Morgan fingerprint density at radius 2 is 2.05 bits per heavy atom. The van der Waals surface area contributed by atoms with Gasteiger partial charge < -0.3 is 16.5 Å². The maximum Gasteiger partial charge on any atom is 0.242 e. The third-order valence-electron chi connectivity index (χ3n) is 3.33. The molecular formula is C13H18N4O3S. The molecule has 1 heterocycles. The van der Waals surface area contributed by atoms with Gasteiger partial charge in [-0.25, -0.2) is 13.1 Å². The van der Waals surface area contributed by atoms with Crippen LogP contribution in [0.25, 0.3) is 10.9 Å². The van der Waals surface area contributed by atoms with Gasteiger partial charge in [-0.2, -0.15) is 0 Å². The van der Waals surface area contributed by atoms with Gasteiger partial charge in [0.15, 0.2) is 0 Å². The number of nitrogen functional groups attached to an aromatic ring is 1. The lowest BCUT2D eigenvalue weighted by molar-refractivity contribution is -0.125. The zero-order chi connectivity index (χ0) is 15.8. The average Bonchev–Trinajstić information content (AvgIpc) is 2.80. The Morgan fingerprint density at radius 1 is 1.38 bits per heavy atom. The minimum atomic E-state index is -3.75. The van der Waals surface area contributed by atoms with Crippen molar-refractivity contribution >= 4 is 32.5 Å². The molecule has 21 heavy (non-hydrogen) atoms. The van der Waals surface area contributed by atoms with Gasteiger partial charge in [0.1, 0.15) is 4.90 Å². The van der Waals surface area contributed by atoms with E-state index in [1.165, 1.54) is 6.20 Å². The molecule has 1 aromatic heterocycles.